The van der Waals surface area contributed by atoms with Gasteiger partial charge in [-0.2, -0.15) is 0 Å². The Morgan fingerprint density at radius 3 is 2.67 bits per heavy atom. The summed E-state index contributed by atoms with van der Waals surface area (Å²) >= 11 is 1.62. The van der Waals surface area contributed by atoms with Crippen molar-refractivity contribution in [2.45, 2.75) is 38.3 Å². The molecule has 2 amide bonds. The van der Waals surface area contributed by atoms with Gasteiger partial charge in [0.15, 0.2) is 6.04 Å². The second-order valence-corrected chi connectivity index (χ2v) is 8.21. The van der Waals surface area contributed by atoms with Crippen molar-refractivity contribution in [1.82, 2.24) is 9.80 Å². The lowest BCUT2D eigenvalue weighted by atomic mass is 10.0. The molecule has 0 aromatic heterocycles. The lowest BCUT2D eigenvalue weighted by molar-refractivity contribution is -0.149. The molecule has 1 aromatic rings. The van der Waals surface area contributed by atoms with Crippen LogP contribution < -0.4 is 0 Å². The topological polar surface area (TPSA) is 76.2 Å². The van der Waals surface area contributed by atoms with Gasteiger partial charge in [0.25, 0.3) is 0 Å². The molecular weight excluding hydrogens is 404 g/mol. The Labute approximate surface area is 181 Å². The highest BCUT2D eigenvalue weighted by atomic mass is 32.2. The van der Waals surface area contributed by atoms with Crippen LogP contribution in [0.25, 0.3) is 6.08 Å². The Kier molecular flexibility index (Phi) is 8.19. The monoisotopic (exact) mass is 432 g/mol. The molecule has 2 aliphatic rings. The van der Waals surface area contributed by atoms with Crippen LogP contribution in [0.5, 0.6) is 0 Å². The standard InChI is InChI=1S/C22H28N2O5S/c1-2-28-21(26)19-16-29-22(27)24(19)18-8-12-23(13-9-18)20(25)11-15-30-14-10-17-6-4-3-5-7-17/h3-7,10,14,18-19H,2,8-9,11-13,15-16H2,1H3/b14-10-/t19-/m0/s1. The van der Waals surface area contributed by atoms with E-state index >= 15 is 0 Å². The number of esters is 1. The third kappa shape index (κ3) is 5.78. The highest BCUT2D eigenvalue weighted by molar-refractivity contribution is 8.02. The first-order valence-electron chi connectivity index (χ1n) is 10.3. The predicted molar refractivity (Wildman–Crippen MR) is 116 cm³/mol. The van der Waals surface area contributed by atoms with Crippen molar-refractivity contribution < 1.29 is 23.9 Å². The van der Waals surface area contributed by atoms with Crippen molar-refractivity contribution in [3.63, 3.8) is 0 Å². The molecule has 0 spiro atoms. The maximum atomic E-state index is 12.5. The highest BCUT2D eigenvalue weighted by Crippen LogP contribution is 2.25. The first-order valence-corrected chi connectivity index (χ1v) is 11.4. The lowest BCUT2D eigenvalue weighted by Gasteiger charge is -2.37. The number of carbonyl (C=O) groups is 3. The van der Waals surface area contributed by atoms with Gasteiger partial charge in [0.1, 0.15) is 6.61 Å². The number of nitrogens with zero attached hydrogens (tertiary/aromatic N) is 2. The molecule has 162 valence electrons. The summed E-state index contributed by atoms with van der Waals surface area (Å²) in [4.78, 5) is 40.1. The summed E-state index contributed by atoms with van der Waals surface area (Å²) < 4.78 is 10.1. The number of ether oxygens (including phenoxy) is 2. The van der Waals surface area contributed by atoms with Gasteiger partial charge in [-0.25, -0.2) is 9.59 Å². The number of thioether (sulfide) groups is 1. The van der Waals surface area contributed by atoms with Crippen LogP contribution in [0.1, 0.15) is 31.7 Å². The molecule has 30 heavy (non-hydrogen) atoms. The van der Waals surface area contributed by atoms with Gasteiger partial charge in [-0.15, -0.1) is 11.8 Å². The number of cyclic esters (lactones) is 1. The number of rotatable bonds is 8. The first-order chi connectivity index (χ1) is 14.6. The van der Waals surface area contributed by atoms with E-state index in [1.807, 2.05) is 46.7 Å². The molecule has 0 saturated carbocycles. The maximum absolute atomic E-state index is 12.5. The van der Waals surface area contributed by atoms with E-state index in [1.165, 1.54) is 4.90 Å². The zero-order valence-corrected chi connectivity index (χ0v) is 18.0. The molecule has 2 saturated heterocycles. The van der Waals surface area contributed by atoms with Crippen LogP contribution >= 0.6 is 11.8 Å². The Bertz CT molecular complexity index is 762. The summed E-state index contributed by atoms with van der Waals surface area (Å²) in [6, 6.07) is 9.25. The van der Waals surface area contributed by atoms with E-state index in [0.717, 1.165) is 11.3 Å². The van der Waals surface area contributed by atoms with Crippen LogP contribution in [-0.4, -0.2) is 71.9 Å². The van der Waals surface area contributed by atoms with Gasteiger partial charge < -0.3 is 14.4 Å². The minimum absolute atomic E-state index is 0.0323. The van der Waals surface area contributed by atoms with Crippen molar-refractivity contribution in [3.8, 4) is 0 Å². The van der Waals surface area contributed by atoms with Crippen molar-refractivity contribution >= 4 is 35.8 Å². The lowest BCUT2D eigenvalue weighted by Crippen LogP contribution is -2.52. The van der Waals surface area contributed by atoms with Crippen LogP contribution in [0.2, 0.25) is 0 Å². The number of carbonyl (C=O) groups excluding carboxylic acids is 3. The minimum Gasteiger partial charge on any atom is -0.464 e. The molecule has 0 aliphatic carbocycles. The van der Waals surface area contributed by atoms with Crippen LogP contribution in [0.15, 0.2) is 35.7 Å². The third-order valence-electron chi connectivity index (χ3n) is 5.27. The normalized spacial score (nSPS) is 19.9. The molecule has 3 rings (SSSR count). The SMILES string of the molecule is CCOC(=O)[C@@H]1COC(=O)N1C1CCN(C(=O)CCS/C=C\c2ccccc2)CC1. The number of hydrogen-bond donors (Lipinski definition) is 0. The Morgan fingerprint density at radius 2 is 1.97 bits per heavy atom. The fourth-order valence-electron chi connectivity index (χ4n) is 3.71. The van der Waals surface area contributed by atoms with Gasteiger partial charge in [-0.1, -0.05) is 30.3 Å². The molecule has 0 bridgehead atoms. The first kappa shape index (κ1) is 22.2. The van der Waals surface area contributed by atoms with E-state index in [9.17, 15) is 14.4 Å². The predicted octanol–water partition coefficient (Wildman–Crippen LogP) is 3.16. The van der Waals surface area contributed by atoms with Crippen molar-refractivity contribution in [3.05, 3.63) is 41.3 Å². The van der Waals surface area contributed by atoms with Gasteiger partial charge in [0.2, 0.25) is 5.91 Å². The minimum atomic E-state index is -0.683. The number of piperidine rings is 1. The van der Waals surface area contributed by atoms with Gasteiger partial charge in [0, 0.05) is 31.3 Å². The Morgan fingerprint density at radius 1 is 1.23 bits per heavy atom. The van der Waals surface area contributed by atoms with Gasteiger partial charge in [-0.05, 0) is 36.8 Å². The average Bonchev–Trinajstić information content (AvgIpc) is 3.16. The summed E-state index contributed by atoms with van der Waals surface area (Å²) in [5, 5.41) is 2.02. The molecular formula is C22H28N2O5S. The summed E-state index contributed by atoms with van der Waals surface area (Å²) in [6.45, 7) is 3.19. The van der Waals surface area contributed by atoms with E-state index in [4.69, 9.17) is 9.47 Å². The summed E-state index contributed by atoms with van der Waals surface area (Å²) in [5.74, 6) is 0.424. The second kappa shape index (κ2) is 11.1. The van der Waals surface area contributed by atoms with Crippen LogP contribution in [0, 0.1) is 0 Å². The van der Waals surface area contributed by atoms with Crippen LogP contribution in [-0.2, 0) is 19.1 Å². The van der Waals surface area contributed by atoms with Gasteiger partial charge in [0.05, 0.1) is 6.61 Å². The van der Waals surface area contributed by atoms with Crippen molar-refractivity contribution in [2.75, 3.05) is 32.1 Å². The number of hydrogen-bond acceptors (Lipinski definition) is 6. The van der Waals surface area contributed by atoms with Crippen molar-refractivity contribution in [2.24, 2.45) is 0 Å². The fourth-order valence-corrected chi connectivity index (χ4v) is 4.39. The zero-order valence-electron chi connectivity index (χ0n) is 17.2. The number of benzene rings is 1. The van der Waals surface area contributed by atoms with E-state index in [0.29, 0.717) is 32.4 Å². The second-order valence-electron chi connectivity index (χ2n) is 7.20. The molecule has 2 heterocycles. The van der Waals surface area contributed by atoms with E-state index in [-0.39, 0.29) is 25.2 Å². The van der Waals surface area contributed by atoms with Gasteiger partial charge >= 0.3 is 12.1 Å². The summed E-state index contributed by atoms with van der Waals surface area (Å²) in [6.07, 6.45) is 3.32. The van der Waals surface area contributed by atoms with E-state index < -0.39 is 18.1 Å². The smallest absolute Gasteiger partial charge is 0.410 e. The van der Waals surface area contributed by atoms with E-state index in [1.54, 1.807) is 18.7 Å². The Balaban J connectivity index is 1.41. The van der Waals surface area contributed by atoms with Crippen LogP contribution in [0.3, 0.4) is 0 Å². The molecule has 2 aliphatic heterocycles. The maximum Gasteiger partial charge on any atom is 0.410 e. The highest BCUT2D eigenvalue weighted by Gasteiger charge is 2.44. The number of amides is 2. The molecule has 1 atom stereocenters. The van der Waals surface area contributed by atoms with Crippen molar-refractivity contribution in [1.29, 1.82) is 0 Å². The Hall–Kier alpha value is -2.48. The molecule has 0 N–H and O–H groups in total. The van der Waals surface area contributed by atoms with E-state index in [2.05, 4.69) is 0 Å². The molecule has 8 heteroatoms. The van der Waals surface area contributed by atoms with Gasteiger partial charge in [-0.3, -0.25) is 9.69 Å². The fraction of sp³-hybridized carbons (Fsp3) is 0.500. The molecule has 0 radical (unpaired) electrons. The van der Waals surface area contributed by atoms with Crippen LogP contribution in [0.4, 0.5) is 4.79 Å². The largest absolute Gasteiger partial charge is 0.464 e. The summed E-state index contributed by atoms with van der Waals surface area (Å²) in [7, 11) is 0. The molecule has 0 unspecified atom stereocenters. The summed E-state index contributed by atoms with van der Waals surface area (Å²) in [5.41, 5.74) is 1.14. The number of likely N-dealkylation sites (tertiary alicyclic amines) is 1. The third-order valence-corrected chi connectivity index (χ3v) is 6.04. The molecule has 2 fully saturated rings. The average molecular weight is 433 g/mol. The quantitative estimate of drug-likeness (QED) is 0.464. The zero-order chi connectivity index (χ0) is 21.3. The molecule has 7 nitrogen and oxygen atoms in total. The molecule has 1 aromatic carbocycles.